The van der Waals surface area contributed by atoms with Crippen LogP contribution in [0.25, 0.3) is 16.0 Å². The van der Waals surface area contributed by atoms with Crippen LogP contribution in [0.15, 0.2) is 33.9 Å². The van der Waals surface area contributed by atoms with Crippen LogP contribution in [-0.2, 0) is 4.74 Å². The molecule has 0 bridgehead atoms. The Hall–Kier alpha value is -2.13. The van der Waals surface area contributed by atoms with Gasteiger partial charge < -0.3 is 30.5 Å². The van der Waals surface area contributed by atoms with E-state index in [0.717, 1.165) is 20.3 Å². The second-order valence-corrected chi connectivity index (χ2v) is 11.3. The molecule has 0 spiro atoms. The Balaban J connectivity index is 1.54. The van der Waals surface area contributed by atoms with E-state index in [-0.39, 0.29) is 5.82 Å². The van der Waals surface area contributed by atoms with Crippen molar-refractivity contribution in [3.8, 4) is 5.75 Å². The van der Waals surface area contributed by atoms with Gasteiger partial charge >= 0.3 is 0 Å². The van der Waals surface area contributed by atoms with Crippen LogP contribution in [-0.4, -0.2) is 70.8 Å². The molecule has 1 fully saturated rings. The van der Waals surface area contributed by atoms with Crippen LogP contribution in [0.1, 0.15) is 32.9 Å². The van der Waals surface area contributed by atoms with E-state index < -0.39 is 36.3 Å². The first kappa shape index (κ1) is 25.5. The van der Waals surface area contributed by atoms with Crippen molar-refractivity contribution in [3.05, 3.63) is 35.4 Å². The molecule has 0 amide bonds. The minimum Gasteiger partial charge on any atom is -0.494 e. The lowest BCUT2D eigenvalue weighted by Crippen LogP contribution is -2.53. The Labute approximate surface area is 220 Å². The Morgan fingerprint density at radius 1 is 1.31 bits per heavy atom. The van der Waals surface area contributed by atoms with Gasteiger partial charge in [-0.05, 0) is 25.1 Å². The van der Waals surface area contributed by atoms with E-state index in [0.29, 0.717) is 30.3 Å². The third-order valence-electron chi connectivity index (χ3n) is 6.00. The van der Waals surface area contributed by atoms with Crippen LogP contribution < -0.4 is 21.3 Å². The number of aliphatic hydroxyl groups excluding tert-OH is 3. The van der Waals surface area contributed by atoms with Gasteiger partial charge in [0.15, 0.2) is 16.1 Å². The third kappa shape index (κ3) is 4.32. The normalized spacial score (nSPS) is 27.9. The van der Waals surface area contributed by atoms with Crippen molar-refractivity contribution in [3.63, 3.8) is 0 Å². The monoisotopic (exact) mass is 554 g/mol. The second-order valence-electron chi connectivity index (χ2n) is 8.45. The predicted molar refractivity (Wildman–Crippen MR) is 136 cm³/mol. The number of rotatable bonds is 8. The first-order valence-corrected chi connectivity index (χ1v) is 13.5. The summed E-state index contributed by atoms with van der Waals surface area (Å²) in [7, 11) is 0. The maximum absolute atomic E-state index is 10.5. The summed E-state index contributed by atoms with van der Waals surface area (Å²) in [4.78, 5) is 13.9. The molecule has 14 heteroatoms. The fraction of sp³-hybridized carbons (Fsp3) is 0.500. The third-order valence-corrected chi connectivity index (χ3v) is 8.76. The van der Waals surface area contributed by atoms with E-state index in [4.69, 9.17) is 36.8 Å². The summed E-state index contributed by atoms with van der Waals surface area (Å²) in [5, 5.41) is 29.3. The summed E-state index contributed by atoms with van der Waals surface area (Å²) in [6.45, 7) is 4.07. The van der Waals surface area contributed by atoms with Gasteiger partial charge in [-0.25, -0.2) is 15.0 Å². The molecule has 1 aromatic carbocycles. The molecule has 11 nitrogen and oxygen atoms in total. The largest absolute Gasteiger partial charge is 0.494 e. The Morgan fingerprint density at radius 2 is 2.11 bits per heavy atom. The van der Waals surface area contributed by atoms with Crippen molar-refractivity contribution < 1.29 is 24.8 Å². The van der Waals surface area contributed by atoms with E-state index in [9.17, 15) is 15.3 Å². The van der Waals surface area contributed by atoms with Crippen LogP contribution in [0, 0.1) is 0 Å². The lowest BCUT2D eigenvalue weighted by molar-refractivity contribution is -0.0547. The minimum absolute atomic E-state index is 0.285. The lowest BCUT2D eigenvalue weighted by atomic mass is 10.1. The number of nitrogens with zero attached hydrogens (tertiary/aromatic N) is 5. The number of imidazole rings is 1. The number of fused-ring (bicyclic) bond motifs is 2. The smallest absolute Gasteiger partial charge is 0.221 e. The molecule has 0 unspecified atom stereocenters. The fourth-order valence-electron chi connectivity index (χ4n) is 4.28. The summed E-state index contributed by atoms with van der Waals surface area (Å²) < 4.78 is 16.2. The first-order valence-electron chi connectivity index (χ1n) is 11.5. The zero-order valence-corrected chi connectivity index (χ0v) is 22.0. The standard InChI is InChI=1S/C22H27ClN6O5S2/c1-3-7-22(23)27-19-15(25-10-28(19)20-17(32)16(31)13(9-30)34-20)18(24)29(22)36-21-26-12-6-5-11(33-4-2)8-14(12)35-21/h5-6,8,10,13,16-17,20,30-32H,3-4,7,9,24H2,1-2H3/t13-,16-,17-,20-,22-/m1/s1. The van der Waals surface area contributed by atoms with Gasteiger partial charge in [0.25, 0.3) is 0 Å². The van der Waals surface area contributed by atoms with Gasteiger partial charge in [-0.15, -0.1) is 11.3 Å². The number of benzene rings is 1. The summed E-state index contributed by atoms with van der Waals surface area (Å²) in [5.74, 6) is 1.06. The highest BCUT2D eigenvalue weighted by Crippen LogP contribution is 2.43. The maximum atomic E-state index is 10.5. The van der Waals surface area contributed by atoms with Gasteiger partial charge in [0.1, 0.15) is 35.2 Å². The van der Waals surface area contributed by atoms with Crippen LogP contribution in [0.5, 0.6) is 5.75 Å². The minimum atomic E-state index is -1.29. The number of ether oxygens (including phenoxy) is 2. The lowest BCUT2D eigenvalue weighted by Gasteiger charge is -2.37. The first-order chi connectivity index (χ1) is 17.3. The summed E-state index contributed by atoms with van der Waals surface area (Å²) in [6, 6.07) is 5.75. The van der Waals surface area contributed by atoms with E-state index in [2.05, 4.69) is 4.98 Å². The van der Waals surface area contributed by atoms with Crippen molar-refractivity contribution in [2.45, 2.75) is 60.7 Å². The quantitative estimate of drug-likeness (QED) is 0.179. The van der Waals surface area contributed by atoms with Gasteiger partial charge in [0, 0.05) is 18.4 Å². The molecule has 0 saturated carbocycles. The molecule has 1 saturated heterocycles. The molecule has 194 valence electrons. The highest BCUT2D eigenvalue weighted by molar-refractivity contribution is 7.99. The molecular formula is C22H27ClN6O5S2. The Kier molecular flexibility index (Phi) is 7.07. The van der Waals surface area contributed by atoms with Crippen molar-refractivity contribution in [2.24, 2.45) is 10.7 Å². The molecule has 4 heterocycles. The number of hydrogen-bond acceptors (Lipinski definition) is 12. The van der Waals surface area contributed by atoms with Crippen LogP contribution in [0.2, 0.25) is 0 Å². The SMILES string of the molecule is CCC[C@@]1(Cl)N=c2c(ncn2[C@@H]2O[C@H](CO)[C@@H](O)[C@H]2O)=C(N)N1Sc1nc2ccc(OCC)cc2s1. The highest BCUT2D eigenvalue weighted by atomic mass is 35.5. The highest BCUT2D eigenvalue weighted by Gasteiger charge is 2.45. The van der Waals surface area contributed by atoms with E-state index in [1.807, 2.05) is 32.0 Å². The predicted octanol–water partition coefficient (Wildman–Crippen LogP) is 0.863. The molecule has 2 aliphatic rings. The maximum Gasteiger partial charge on any atom is 0.221 e. The van der Waals surface area contributed by atoms with Crippen molar-refractivity contribution in [1.82, 2.24) is 18.8 Å². The van der Waals surface area contributed by atoms with Gasteiger partial charge in [-0.1, -0.05) is 24.9 Å². The van der Waals surface area contributed by atoms with Crippen molar-refractivity contribution in [1.29, 1.82) is 0 Å². The van der Waals surface area contributed by atoms with Gasteiger partial charge in [0.05, 0.1) is 29.8 Å². The molecule has 0 aliphatic carbocycles. The molecule has 5 N–H and O–H groups in total. The molecule has 3 aromatic rings. The topological polar surface area (TPSA) is 151 Å². The summed E-state index contributed by atoms with van der Waals surface area (Å²) in [6.07, 6.45) is -1.87. The Bertz CT molecular complexity index is 1380. The number of hydrogen-bond donors (Lipinski definition) is 4. The van der Waals surface area contributed by atoms with E-state index >= 15 is 0 Å². The van der Waals surface area contributed by atoms with Crippen LogP contribution >= 0.6 is 34.9 Å². The molecule has 36 heavy (non-hydrogen) atoms. The molecule has 0 radical (unpaired) electrons. The number of thiazole rings is 1. The van der Waals surface area contributed by atoms with Crippen LogP contribution in [0.4, 0.5) is 0 Å². The van der Waals surface area contributed by atoms with Gasteiger partial charge in [0.2, 0.25) is 5.12 Å². The van der Waals surface area contributed by atoms with Crippen LogP contribution in [0.3, 0.4) is 0 Å². The molecular weight excluding hydrogens is 528 g/mol. The number of aromatic nitrogens is 3. The average molecular weight is 555 g/mol. The zero-order valence-electron chi connectivity index (χ0n) is 19.6. The van der Waals surface area contributed by atoms with E-state index in [1.54, 1.807) is 4.31 Å². The number of halogens is 1. The average Bonchev–Trinajstić information content (AvgIpc) is 3.52. The zero-order chi connectivity index (χ0) is 25.6. The second kappa shape index (κ2) is 9.97. The van der Waals surface area contributed by atoms with E-state index in [1.165, 1.54) is 34.2 Å². The molecule has 2 aromatic heterocycles. The van der Waals surface area contributed by atoms with Crippen molar-refractivity contribution >= 4 is 50.9 Å². The fourth-order valence-corrected chi connectivity index (χ4v) is 6.87. The summed E-state index contributed by atoms with van der Waals surface area (Å²) >= 11 is 9.87. The Morgan fingerprint density at radius 3 is 2.81 bits per heavy atom. The molecule has 5 rings (SSSR count). The summed E-state index contributed by atoms with van der Waals surface area (Å²) in [5.41, 5.74) is 7.76. The molecule has 5 atom stereocenters. The van der Waals surface area contributed by atoms with Gasteiger partial charge in [-0.2, -0.15) is 0 Å². The molecule has 2 aliphatic heterocycles. The number of alkyl halides is 1. The number of nitrogens with two attached hydrogens (primary N) is 1. The van der Waals surface area contributed by atoms with Crippen molar-refractivity contribution in [2.75, 3.05) is 13.2 Å². The number of aliphatic hydroxyl groups is 3. The van der Waals surface area contributed by atoms with Gasteiger partial charge in [-0.3, -0.25) is 8.87 Å².